The monoisotopic (exact) mass is 219 g/mol. The van der Waals surface area contributed by atoms with Gasteiger partial charge in [-0.3, -0.25) is 4.98 Å². The van der Waals surface area contributed by atoms with E-state index in [1.165, 1.54) is 0 Å². The molecule has 0 fully saturated rings. The molecule has 0 atom stereocenters. The molecule has 0 spiro atoms. The van der Waals surface area contributed by atoms with Crippen LogP contribution in [0.3, 0.4) is 0 Å². The van der Waals surface area contributed by atoms with Gasteiger partial charge in [0.2, 0.25) is 0 Å². The maximum atomic E-state index is 4.32. The lowest BCUT2D eigenvalue weighted by molar-refractivity contribution is 0.604. The Hall–Kier alpha value is -1.42. The minimum Gasteiger partial charge on any atom is -0.374 e. The van der Waals surface area contributed by atoms with Gasteiger partial charge in [0.1, 0.15) is 5.01 Å². The quantitative estimate of drug-likeness (QED) is 0.862. The van der Waals surface area contributed by atoms with E-state index in [1.807, 2.05) is 23.7 Å². The number of nitrogens with one attached hydrogen (secondary N) is 1. The summed E-state index contributed by atoms with van der Waals surface area (Å²) in [6, 6.07) is 3.91. The number of nitrogens with zero attached hydrogens (tertiary/aromatic N) is 2. The molecule has 78 valence electrons. The summed E-state index contributed by atoms with van der Waals surface area (Å²) in [4.78, 5) is 8.31. The average molecular weight is 219 g/mol. The zero-order valence-electron chi connectivity index (χ0n) is 8.77. The summed E-state index contributed by atoms with van der Waals surface area (Å²) in [5.41, 5.74) is 0.917. The van der Waals surface area contributed by atoms with Crippen molar-refractivity contribution in [3.63, 3.8) is 0 Å². The van der Waals surface area contributed by atoms with Gasteiger partial charge in [-0.1, -0.05) is 0 Å². The summed E-state index contributed by atoms with van der Waals surface area (Å²) in [6.45, 7) is 4.23. The Morgan fingerprint density at radius 1 is 1.20 bits per heavy atom. The maximum absolute atomic E-state index is 4.32. The highest BCUT2D eigenvalue weighted by molar-refractivity contribution is 7.09. The summed E-state index contributed by atoms with van der Waals surface area (Å²) in [5.74, 6) is 0. The molecule has 3 nitrogen and oxygen atoms in total. The van der Waals surface area contributed by atoms with Crippen LogP contribution in [0.25, 0.3) is 0 Å². The van der Waals surface area contributed by atoms with E-state index in [-0.39, 0.29) is 5.54 Å². The van der Waals surface area contributed by atoms with Crippen LogP contribution in [0.4, 0.5) is 5.69 Å². The first kappa shape index (κ1) is 10.1. The Balaban J connectivity index is 2.18. The van der Waals surface area contributed by atoms with Crippen molar-refractivity contribution in [1.82, 2.24) is 9.97 Å². The van der Waals surface area contributed by atoms with Crippen molar-refractivity contribution in [2.45, 2.75) is 19.4 Å². The van der Waals surface area contributed by atoms with Crippen molar-refractivity contribution in [3.8, 4) is 0 Å². The molecule has 0 radical (unpaired) electrons. The van der Waals surface area contributed by atoms with E-state index in [0.717, 1.165) is 10.7 Å². The Kier molecular flexibility index (Phi) is 2.68. The number of thiazole rings is 1. The first-order valence-corrected chi connectivity index (χ1v) is 5.65. The molecule has 0 amide bonds. The fourth-order valence-electron chi connectivity index (χ4n) is 1.38. The molecule has 0 aromatic carbocycles. The molecule has 0 aliphatic carbocycles. The van der Waals surface area contributed by atoms with E-state index in [9.17, 15) is 0 Å². The minimum absolute atomic E-state index is 0.143. The highest BCUT2D eigenvalue weighted by Gasteiger charge is 2.22. The van der Waals surface area contributed by atoms with Gasteiger partial charge in [-0.05, 0) is 26.0 Å². The topological polar surface area (TPSA) is 37.8 Å². The van der Waals surface area contributed by atoms with Gasteiger partial charge in [0, 0.05) is 29.7 Å². The van der Waals surface area contributed by atoms with Crippen molar-refractivity contribution in [2.24, 2.45) is 0 Å². The Morgan fingerprint density at radius 3 is 2.53 bits per heavy atom. The fourth-order valence-corrected chi connectivity index (χ4v) is 2.10. The third kappa shape index (κ3) is 2.33. The molecule has 2 heterocycles. The fraction of sp³-hybridized carbons (Fsp3) is 0.273. The standard InChI is InChI=1S/C11H13N3S/c1-11(2,10-13-7-8-15-10)14-9-3-5-12-6-4-9/h3-8H,1-2H3,(H,12,14). The zero-order valence-corrected chi connectivity index (χ0v) is 9.58. The van der Waals surface area contributed by atoms with Gasteiger partial charge in [-0.15, -0.1) is 11.3 Å². The Labute approximate surface area is 93.2 Å². The molecular formula is C11H13N3S. The second-order valence-corrected chi connectivity index (χ2v) is 4.72. The van der Waals surface area contributed by atoms with Gasteiger partial charge in [0.25, 0.3) is 0 Å². The van der Waals surface area contributed by atoms with E-state index in [1.54, 1.807) is 23.7 Å². The van der Waals surface area contributed by atoms with Crippen molar-refractivity contribution >= 4 is 17.0 Å². The van der Waals surface area contributed by atoms with Gasteiger partial charge in [0.15, 0.2) is 0 Å². The van der Waals surface area contributed by atoms with Gasteiger partial charge < -0.3 is 5.32 Å². The molecule has 0 aliphatic heterocycles. The lowest BCUT2D eigenvalue weighted by Gasteiger charge is -2.24. The first-order valence-electron chi connectivity index (χ1n) is 4.77. The molecule has 2 rings (SSSR count). The smallest absolute Gasteiger partial charge is 0.117 e. The van der Waals surface area contributed by atoms with Crippen LogP contribution in [0.1, 0.15) is 18.9 Å². The molecule has 0 saturated heterocycles. The van der Waals surface area contributed by atoms with Crippen molar-refractivity contribution in [1.29, 1.82) is 0 Å². The van der Waals surface area contributed by atoms with Crippen molar-refractivity contribution < 1.29 is 0 Å². The van der Waals surface area contributed by atoms with Crippen molar-refractivity contribution in [2.75, 3.05) is 5.32 Å². The number of rotatable bonds is 3. The Bertz CT molecular complexity index is 409. The molecule has 4 heteroatoms. The number of pyridine rings is 1. The van der Waals surface area contributed by atoms with Gasteiger partial charge in [-0.2, -0.15) is 0 Å². The first-order chi connectivity index (χ1) is 7.18. The molecule has 2 aromatic rings. The number of hydrogen-bond acceptors (Lipinski definition) is 4. The van der Waals surface area contributed by atoms with Crippen LogP contribution in [0, 0.1) is 0 Å². The summed E-state index contributed by atoms with van der Waals surface area (Å²) in [5, 5.41) is 6.50. The molecule has 0 unspecified atom stereocenters. The van der Waals surface area contributed by atoms with Crippen LogP contribution >= 0.6 is 11.3 Å². The molecular weight excluding hydrogens is 206 g/mol. The van der Waals surface area contributed by atoms with Crippen LogP contribution < -0.4 is 5.32 Å². The van der Waals surface area contributed by atoms with Gasteiger partial charge >= 0.3 is 0 Å². The molecule has 0 bridgehead atoms. The van der Waals surface area contributed by atoms with E-state index >= 15 is 0 Å². The van der Waals surface area contributed by atoms with Crippen LogP contribution in [0.5, 0.6) is 0 Å². The summed E-state index contributed by atoms with van der Waals surface area (Å²) in [6.07, 6.45) is 5.39. The predicted molar refractivity (Wildman–Crippen MR) is 63.0 cm³/mol. The van der Waals surface area contributed by atoms with Gasteiger partial charge in [-0.25, -0.2) is 4.98 Å². The van der Waals surface area contributed by atoms with E-state index in [2.05, 4.69) is 29.1 Å². The minimum atomic E-state index is -0.143. The molecule has 15 heavy (non-hydrogen) atoms. The number of anilines is 1. The van der Waals surface area contributed by atoms with E-state index in [0.29, 0.717) is 0 Å². The third-order valence-corrected chi connectivity index (χ3v) is 3.20. The SMILES string of the molecule is CC(C)(Nc1ccncc1)c1nccs1. The Morgan fingerprint density at radius 2 is 1.93 bits per heavy atom. The van der Waals surface area contributed by atoms with E-state index < -0.39 is 0 Å². The summed E-state index contributed by atoms with van der Waals surface area (Å²) in [7, 11) is 0. The molecule has 0 aliphatic rings. The second-order valence-electron chi connectivity index (χ2n) is 3.82. The van der Waals surface area contributed by atoms with E-state index in [4.69, 9.17) is 0 Å². The highest BCUT2D eigenvalue weighted by Crippen LogP contribution is 2.26. The average Bonchev–Trinajstić information content (AvgIpc) is 2.71. The van der Waals surface area contributed by atoms with Crippen molar-refractivity contribution in [3.05, 3.63) is 41.1 Å². The van der Waals surface area contributed by atoms with Crippen LogP contribution in [-0.4, -0.2) is 9.97 Å². The number of aromatic nitrogens is 2. The number of hydrogen-bond donors (Lipinski definition) is 1. The molecule has 2 aromatic heterocycles. The zero-order chi connectivity index (χ0) is 10.7. The maximum Gasteiger partial charge on any atom is 0.117 e. The van der Waals surface area contributed by atoms with Gasteiger partial charge in [0.05, 0.1) is 5.54 Å². The molecule has 0 saturated carbocycles. The summed E-state index contributed by atoms with van der Waals surface area (Å²) < 4.78 is 0. The largest absolute Gasteiger partial charge is 0.374 e. The second kappa shape index (κ2) is 3.98. The predicted octanol–water partition coefficient (Wildman–Crippen LogP) is 2.89. The van der Waals surface area contributed by atoms with Crippen LogP contribution in [0.15, 0.2) is 36.1 Å². The third-order valence-electron chi connectivity index (χ3n) is 2.10. The lowest BCUT2D eigenvalue weighted by Crippen LogP contribution is -2.27. The normalized spacial score (nSPS) is 11.3. The lowest BCUT2D eigenvalue weighted by atomic mass is 10.1. The van der Waals surface area contributed by atoms with Crippen LogP contribution in [-0.2, 0) is 5.54 Å². The molecule has 1 N–H and O–H groups in total. The highest BCUT2D eigenvalue weighted by atomic mass is 32.1. The van der Waals surface area contributed by atoms with Crippen LogP contribution in [0.2, 0.25) is 0 Å². The summed E-state index contributed by atoms with van der Waals surface area (Å²) >= 11 is 1.66.